The van der Waals surface area contributed by atoms with Crippen molar-refractivity contribution in [1.29, 1.82) is 0 Å². The molecule has 0 saturated carbocycles. The first kappa shape index (κ1) is 13.5. The lowest BCUT2D eigenvalue weighted by Gasteiger charge is -2.05. The monoisotopic (exact) mass is 301 g/mol. The Morgan fingerprint density at radius 2 is 2.15 bits per heavy atom. The van der Waals surface area contributed by atoms with E-state index in [-0.39, 0.29) is 0 Å². The van der Waals surface area contributed by atoms with Crippen molar-refractivity contribution in [2.45, 2.75) is 22.8 Å². The minimum Gasteiger partial charge on any atom is -0.316 e. The molecular formula is C15H15N3S2. The van der Waals surface area contributed by atoms with Gasteiger partial charge in [0.25, 0.3) is 0 Å². The quantitative estimate of drug-likeness (QED) is 0.794. The van der Waals surface area contributed by atoms with Crippen molar-refractivity contribution in [3.05, 3.63) is 47.7 Å². The van der Waals surface area contributed by atoms with Gasteiger partial charge in [-0.25, -0.2) is 9.97 Å². The number of benzene rings is 1. The van der Waals surface area contributed by atoms with E-state index in [1.165, 1.54) is 15.8 Å². The van der Waals surface area contributed by atoms with Gasteiger partial charge in [0.15, 0.2) is 4.34 Å². The molecule has 0 aliphatic heterocycles. The molecule has 0 fully saturated rings. The largest absolute Gasteiger partial charge is 0.316 e. The molecule has 0 aliphatic rings. The van der Waals surface area contributed by atoms with Gasteiger partial charge in [0.05, 0.1) is 10.2 Å². The Hall–Kier alpha value is -1.43. The summed E-state index contributed by atoms with van der Waals surface area (Å²) in [4.78, 5) is 9.19. The molecule has 0 radical (unpaired) electrons. The van der Waals surface area contributed by atoms with E-state index < -0.39 is 0 Å². The molecular weight excluding hydrogens is 286 g/mol. The number of nitrogens with one attached hydrogen (secondary N) is 1. The molecule has 0 atom stereocenters. The smallest absolute Gasteiger partial charge is 0.157 e. The molecule has 1 N–H and O–H groups in total. The molecule has 0 spiro atoms. The van der Waals surface area contributed by atoms with E-state index in [1.54, 1.807) is 23.1 Å². The molecule has 0 saturated heterocycles. The number of nitrogens with zero attached hydrogens (tertiary/aromatic N) is 2. The van der Waals surface area contributed by atoms with E-state index in [1.807, 2.05) is 31.4 Å². The zero-order valence-electron chi connectivity index (χ0n) is 11.4. The zero-order chi connectivity index (χ0) is 13.9. The van der Waals surface area contributed by atoms with Gasteiger partial charge in [-0.1, -0.05) is 18.2 Å². The summed E-state index contributed by atoms with van der Waals surface area (Å²) in [5, 5.41) is 4.17. The summed E-state index contributed by atoms with van der Waals surface area (Å²) in [5.74, 6) is 0. The Morgan fingerprint density at radius 1 is 1.30 bits per heavy atom. The molecule has 3 rings (SSSR count). The maximum absolute atomic E-state index is 4.64. The van der Waals surface area contributed by atoms with Gasteiger partial charge in [-0.05, 0) is 49.0 Å². The average Bonchev–Trinajstić information content (AvgIpc) is 2.84. The molecule has 3 aromatic rings. The van der Waals surface area contributed by atoms with E-state index in [2.05, 4.69) is 34.3 Å². The van der Waals surface area contributed by atoms with Crippen LogP contribution in [0, 0.1) is 6.92 Å². The molecule has 0 aliphatic carbocycles. The average molecular weight is 301 g/mol. The third-order valence-electron chi connectivity index (χ3n) is 2.93. The maximum atomic E-state index is 4.64. The van der Waals surface area contributed by atoms with Gasteiger partial charge in [-0.3, -0.25) is 0 Å². The van der Waals surface area contributed by atoms with Gasteiger partial charge in [-0.15, -0.1) is 11.3 Å². The van der Waals surface area contributed by atoms with Crippen LogP contribution < -0.4 is 5.32 Å². The number of thiazole rings is 1. The van der Waals surface area contributed by atoms with Crippen LogP contribution in [-0.4, -0.2) is 17.0 Å². The van der Waals surface area contributed by atoms with Crippen LogP contribution in [0.2, 0.25) is 0 Å². The number of pyridine rings is 1. The lowest BCUT2D eigenvalue weighted by molar-refractivity contribution is 0.806. The molecule has 0 unspecified atom stereocenters. The highest BCUT2D eigenvalue weighted by molar-refractivity contribution is 8.01. The molecule has 102 valence electrons. The highest BCUT2D eigenvalue weighted by Crippen LogP contribution is 2.34. The Labute approximate surface area is 126 Å². The third kappa shape index (κ3) is 2.85. The van der Waals surface area contributed by atoms with Gasteiger partial charge in [0.1, 0.15) is 5.03 Å². The van der Waals surface area contributed by atoms with Crippen LogP contribution in [0.1, 0.15) is 11.1 Å². The normalized spacial score (nSPS) is 11.1. The standard InChI is InChI=1S/C15H15N3S2/c1-10-7-11(8-16-2)9-17-14(10)20-15-18-12-5-3-4-6-13(12)19-15/h3-7,9,16H,8H2,1-2H3. The van der Waals surface area contributed by atoms with Crippen LogP contribution in [0.3, 0.4) is 0 Å². The number of hydrogen-bond donors (Lipinski definition) is 1. The summed E-state index contributed by atoms with van der Waals surface area (Å²) in [6, 6.07) is 10.4. The summed E-state index contributed by atoms with van der Waals surface area (Å²) in [7, 11) is 1.94. The number of aromatic nitrogens is 2. The van der Waals surface area contributed by atoms with Crippen LogP contribution in [0.5, 0.6) is 0 Å². The molecule has 5 heteroatoms. The SMILES string of the molecule is CNCc1cnc(Sc2nc3ccccc3s2)c(C)c1. The highest BCUT2D eigenvalue weighted by atomic mass is 32.2. The van der Waals surface area contributed by atoms with Crippen LogP contribution in [-0.2, 0) is 6.54 Å². The Kier molecular flexibility index (Phi) is 4.00. The van der Waals surface area contributed by atoms with Crippen LogP contribution in [0.4, 0.5) is 0 Å². The Morgan fingerprint density at radius 3 is 2.90 bits per heavy atom. The number of aryl methyl sites for hydroxylation is 1. The summed E-state index contributed by atoms with van der Waals surface area (Å²) < 4.78 is 2.27. The minimum absolute atomic E-state index is 0.847. The second-order valence-corrected chi connectivity index (χ2v) is 6.81. The molecule has 2 aromatic heterocycles. The third-order valence-corrected chi connectivity index (χ3v) is 5.14. The van der Waals surface area contributed by atoms with E-state index in [9.17, 15) is 0 Å². The lowest BCUT2D eigenvalue weighted by atomic mass is 10.2. The lowest BCUT2D eigenvalue weighted by Crippen LogP contribution is -2.05. The first-order valence-corrected chi connectivity index (χ1v) is 8.03. The zero-order valence-corrected chi connectivity index (χ0v) is 13.0. The number of para-hydroxylation sites is 1. The van der Waals surface area contributed by atoms with Crippen molar-refractivity contribution in [3.8, 4) is 0 Å². The van der Waals surface area contributed by atoms with Crippen molar-refractivity contribution in [2.75, 3.05) is 7.05 Å². The van der Waals surface area contributed by atoms with Gasteiger partial charge >= 0.3 is 0 Å². The van der Waals surface area contributed by atoms with Crippen molar-refractivity contribution >= 4 is 33.3 Å². The number of hydrogen-bond acceptors (Lipinski definition) is 5. The summed E-state index contributed by atoms with van der Waals surface area (Å²) in [6.45, 7) is 2.95. The first-order chi connectivity index (χ1) is 9.76. The minimum atomic E-state index is 0.847. The predicted molar refractivity (Wildman–Crippen MR) is 85.5 cm³/mol. The predicted octanol–water partition coefficient (Wildman–Crippen LogP) is 3.87. The summed E-state index contributed by atoms with van der Waals surface area (Å²) in [5.41, 5.74) is 3.46. The number of fused-ring (bicyclic) bond motifs is 1. The fourth-order valence-electron chi connectivity index (χ4n) is 2.01. The molecule has 1 aromatic carbocycles. The maximum Gasteiger partial charge on any atom is 0.157 e. The first-order valence-electron chi connectivity index (χ1n) is 6.40. The summed E-state index contributed by atoms with van der Waals surface area (Å²) in [6.07, 6.45) is 1.93. The van der Waals surface area contributed by atoms with Gasteiger partial charge in [0, 0.05) is 12.7 Å². The van der Waals surface area contributed by atoms with E-state index in [4.69, 9.17) is 0 Å². The van der Waals surface area contributed by atoms with E-state index in [0.29, 0.717) is 0 Å². The van der Waals surface area contributed by atoms with Gasteiger partial charge in [-0.2, -0.15) is 0 Å². The molecule has 0 amide bonds. The van der Waals surface area contributed by atoms with Gasteiger partial charge < -0.3 is 5.32 Å². The van der Waals surface area contributed by atoms with E-state index in [0.717, 1.165) is 21.4 Å². The second kappa shape index (κ2) is 5.91. The van der Waals surface area contributed by atoms with Crippen molar-refractivity contribution < 1.29 is 0 Å². The summed E-state index contributed by atoms with van der Waals surface area (Å²) >= 11 is 3.36. The highest BCUT2D eigenvalue weighted by Gasteiger charge is 2.08. The molecule has 3 nitrogen and oxygen atoms in total. The topological polar surface area (TPSA) is 37.8 Å². The van der Waals surface area contributed by atoms with Gasteiger partial charge in [0.2, 0.25) is 0 Å². The number of rotatable bonds is 4. The fraction of sp³-hybridized carbons (Fsp3) is 0.200. The van der Waals surface area contributed by atoms with E-state index >= 15 is 0 Å². The second-order valence-electron chi connectivity index (χ2n) is 4.55. The Balaban J connectivity index is 1.86. The van der Waals surface area contributed by atoms with Crippen LogP contribution >= 0.6 is 23.1 Å². The molecule has 0 bridgehead atoms. The fourth-order valence-corrected chi connectivity index (χ4v) is 4.01. The molecule has 20 heavy (non-hydrogen) atoms. The van der Waals surface area contributed by atoms with Crippen LogP contribution in [0.15, 0.2) is 45.9 Å². The van der Waals surface area contributed by atoms with Crippen molar-refractivity contribution in [1.82, 2.24) is 15.3 Å². The molecule has 2 heterocycles. The Bertz CT molecular complexity index is 704. The van der Waals surface area contributed by atoms with Crippen molar-refractivity contribution in [2.24, 2.45) is 0 Å². The van der Waals surface area contributed by atoms with Crippen LogP contribution in [0.25, 0.3) is 10.2 Å². The van der Waals surface area contributed by atoms with Crippen molar-refractivity contribution in [3.63, 3.8) is 0 Å².